The fraction of sp³-hybridized carbons (Fsp3) is 0.700. The van der Waals surface area contributed by atoms with Gasteiger partial charge in [0.2, 0.25) is 0 Å². The van der Waals surface area contributed by atoms with Crippen LogP contribution in [-0.2, 0) is 23.4 Å². The normalized spacial score (nSPS) is 34.9. The predicted molar refractivity (Wildman–Crippen MR) is 104 cm³/mol. The highest BCUT2D eigenvalue weighted by molar-refractivity contribution is 6.74. The van der Waals surface area contributed by atoms with Crippen LogP contribution in [0.2, 0.25) is 18.1 Å². The summed E-state index contributed by atoms with van der Waals surface area (Å²) in [7, 11) is -0.513. The van der Waals surface area contributed by atoms with Crippen LogP contribution in [0.5, 0.6) is 0 Å². The van der Waals surface area contributed by atoms with Crippen molar-refractivity contribution in [1.82, 2.24) is 0 Å². The van der Waals surface area contributed by atoms with Gasteiger partial charge in [0.15, 0.2) is 20.9 Å². The van der Waals surface area contributed by atoms with Crippen molar-refractivity contribution in [1.29, 1.82) is 0 Å². The number of aliphatic hydroxyl groups is 1. The maximum Gasteiger partial charge on any atom is 0.192 e. The highest BCUT2D eigenvalue weighted by atomic mass is 28.4. The summed E-state index contributed by atoms with van der Waals surface area (Å²) >= 11 is 0. The molecule has 0 amide bonds. The molecular weight excluding hydrogens is 364 g/mol. The molecule has 0 saturated carbocycles. The Labute approximate surface area is 162 Å². The third-order valence-electron chi connectivity index (χ3n) is 5.88. The molecule has 2 heterocycles. The molecule has 0 bridgehead atoms. The summed E-state index contributed by atoms with van der Waals surface area (Å²) in [6.45, 7) is 11.1. The van der Waals surface area contributed by atoms with Crippen molar-refractivity contribution in [3.63, 3.8) is 0 Å². The van der Waals surface area contributed by atoms with Crippen LogP contribution in [-0.4, -0.2) is 57.8 Å². The van der Waals surface area contributed by atoms with Gasteiger partial charge in [0.05, 0.1) is 6.61 Å². The number of hydrogen-bond acceptors (Lipinski definition) is 6. The molecule has 1 N–H and O–H groups in total. The van der Waals surface area contributed by atoms with E-state index < -0.39 is 39.2 Å². The summed E-state index contributed by atoms with van der Waals surface area (Å²) in [5.41, 5.74) is 0.943. The molecular formula is C20H32O6Si. The number of fused-ring (bicyclic) bond motifs is 1. The van der Waals surface area contributed by atoms with E-state index in [4.69, 9.17) is 23.4 Å². The van der Waals surface area contributed by atoms with E-state index in [9.17, 15) is 5.11 Å². The van der Waals surface area contributed by atoms with Gasteiger partial charge in [-0.15, -0.1) is 0 Å². The van der Waals surface area contributed by atoms with E-state index in [1.165, 1.54) is 0 Å². The highest BCUT2D eigenvalue weighted by Crippen LogP contribution is 2.41. The van der Waals surface area contributed by atoms with Crippen LogP contribution in [0.1, 0.15) is 32.6 Å². The van der Waals surface area contributed by atoms with Crippen molar-refractivity contribution in [2.24, 2.45) is 0 Å². The summed E-state index contributed by atoms with van der Waals surface area (Å²) in [5.74, 6) is 0. The topological polar surface area (TPSA) is 66.4 Å². The molecule has 0 unspecified atom stereocenters. The van der Waals surface area contributed by atoms with Crippen molar-refractivity contribution >= 4 is 8.32 Å². The van der Waals surface area contributed by atoms with Crippen LogP contribution < -0.4 is 0 Å². The number of rotatable bonds is 4. The maximum absolute atomic E-state index is 10.6. The van der Waals surface area contributed by atoms with Gasteiger partial charge in [0, 0.05) is 12.7 Å². The molecule has 0 aromatic heterocycles. The lowest BCUT2D eigenvalue weighted by Gasteiger charge is -2.50. The molecule has 6 nitrogen and oxygen atoms in total. The third kappa shape index (κ3) is 4.29. The molecule has 3 rings (SSSR count). The van der Waals surface area contributed by atoms with Crippen LogP contribution >= 0.6 is 0 Å². The summed E-state index contributed by atoms with van der Waals surface area (Å²) < 4.78 is 30.1. The minimum atomic E-state index is -2.14. The van der Waals surface area contributed by atoms with Crippen LogP contribution in [0.15, 0.2) is 30.3 Å². The summed E-state index contributed by atoms with van der Waals surface area (Å²) in [5, 5.41) is 10.6. The van der Waals surface area contributed by atoms with E-state index in [1.54, 1.807) is 7.11 Å². The Morgan fingerprint density at radius 3 is 2.33 bits per heavy atom. The molecule has 2 aliphatic rings. The number of ether oxygens (including phenoxy) is 4. The Morgan fingerprint density at radius 1 is 1.07 bits per heavy atom. The molecule has 2 aliphatic heterocycles. The van der Waals surface area contributed by atoms with Crippen LogP contribution in [0.4, 0.5) is 0 Å². The highest BCUT2D eigenvalue weighted by Gasteiger charge is 2.53. The first-order valence-corrected chi connectivity index (χ1v) is 12.4. The van der Waals surface area contributed by atoms with E-state index in [2.05, 4.69) is 33.9 Å². The molecule has 1 aromatic rings. The molecule has 0 aliphatic carbocycles. The molecule has 7 heteroatoms. The Hall–Kier alpha value is -0.803. The zero-order valence-electron chi connectivity index (χ0n) is 17.0. The lowest BCUT2D eigenvalue weighted by atomic mass is 9.97. The standard InChI is InChI=1S/C20H32O6Si/c1-20(2,3)27(5,6)26-17-16(22-4)15-14(24-18(17)21)12-23-19(25-15)13-10-8-7-9-11-13/h7-11,14-19,21H,12H2,1-6H3/t14-,15-,16-,17+,18+,19-/m1/s1. The number of benzene rings is 1. The second-order valence-corrected chi connectivity index (χ2v) is 13.5. The van der Waals surface area contributed by atoms with Gasteiger partial charge in [-0.3, -0.25) is 0 Å². The number of methoxy groups -OCH3 is 1. The number of hydrogen-bond donors (Lipinski definition) is 1. The fourth-order valence-electron chi connectivity index (χ4n) is 3.25. The average molecular weight is 397 g/mol. The van der Waals surface area contributed by atoms with Crippen molar-refractivity contribution < 1.29 is 28.5 Å². The Kier molecular flexibility index (Phi) is 6.13. The van der Waals surface area contributed by atoms with Gasteiger partial charge in [-0.1, -0.05) is 51.1 Å². The van der Waals surface area contributed by atoms with Crippen molar-refractivity contribution in [2.45, 2.75) is 75.9 Å². The molecule has 2 fully saturated rings. The summed E-state index contributed by atoms with van der Waals surface area (Å²) in [6, 6.07) is 9.79. The van der Waals surface area contributed by atoms with E-state index in [-0.39, 0.29) is 11.1 Å². The smallest absolute Gasteiger partial charge is 0.192 e. The predicted octanol–water partition coefficient (Wildman–Crippen LogP) is 3.22. The van der Waals surface area contributed by atoms with E-state index in [1.807, 2.05) is 30.3 Å². The molecule has 1 aromatic carbocycles. The van der Waals surface area contributed by atoms with E-state index in [0.29, 0.717) is 6.61 Å². The third-order valence-corrected chi connectivity index (χ3v) is 10.4. The average Bonchev–Trinajstić information content (AvgIpc) is 2.61. The van der Waals surface area contributed by atoms with Gasteiger partial charge in [-0.05, 0) is 18.1 Å². The van der Waals surface area contributed by atoms with Gasteiger partial charge in [-0.25, -0.2) is 0 Å². The summed E-state index contributed by atoms with van der Waals surface area (Å²) in [4.78, 5) is 0. The van der Waals surface area contributed by atoms with E-state index in [0.717, 1.165) is 5.56 Å². The fourth-order valence-corrected chi connectivity index (χ4v) is 4.54. The summed E-state index contributed by atoms with van der Waals surface area (Å²) in [6.07, 6.45) is -3.39. The Morgan fingerprint density at radius 2 is 1.74 bits per heavy atom. The zero-order chi connectivity index (χ0) is 19.8. The Balaban J connectivity index is 1.80. The first kappa shape index (κ1) is 20.9. The van der Waals surface area contributed by atoms with Gasteiger partial charge in [0.25, 0.3) is 0 Å². The second kappa shape index (κ2) is 7.91. The first-order chi connectivity index (χ1) is 12.6. The van der Waals surface area contributed by atoms with Crippen molar-refractivity contribution in [3.8, 4) is 0 Å². The van der Waals surface area contributed by atoms with Gasteiger partial charge >= 0.3 is 0 Å². The molecule has 0 radical (unpaired) electrons. The molecule has 6 atom stereocenters. The van der Waals surface area contributed by atoms with Gasteiger partial charge in [-0.2, -0.15) is 0 Å². The van der Waals surface area contributed by atoms with Crippen LogP contribution in [0.25, 0.3) is 0 Å². The molecule has 0 spiro atoms. The van der Waals surface area contributed by atoms with E-state index >= 15 is 0 Å². The van der Waals surface area contributed by atoms with Gasteiger partial charge in [0.1, 0.15) is 24.4 Å². The minimum absolute atomic E-state index is 0.00493. The zero-order valence-corrected chi connectivity index (χ0v) is 18.0. The quantitative estimate of drug-likeness (QED) is 0.789. The lowest BCUT2D eigenvalue weighted by molar-refractivity contribution is -0.355. The largest absolute Gasteiger partial charge is 0.406 e. The first-order valence-electron chi connectivity index (χ1n) is 9.50. The Bertz CT molecular complexity index is 617. The minimum Gasteiger partial charge on any atom is -0.406 e. The molecule has 27 heavy (non-hydrogen) atoms. The second-order valence-electron chi connectivity index (χ2n) is 8.78. The molecule has 2 saturated heterocycles. The number of aliphatic hydroxyl groups excluding tert-OH is 1. The monoisotopic (exact) mass is 396 g/mol. The van der Waals surface area contributed by atoms with Crippen LogP contribution in [0, 0.1) is 0 Å². The maximum atomic E-state index is 10.6. The van der Waals surface area contributed by atoms with Crippen molar-refractivity contribution in [3.05, 3.63) is 35.9 Å². The van der Waals surface area contributed by atoms with Gasteiger partial charge < -0.3 is 28.5 Å². The lowest BCUT2D eigenvalue weighted by Crippen LogP contribution is -2.65. The van der Waals surface area contributed by atoms with Crippen molar-refractivity contribution in [2.75, 3.05) is 13.7 Å². The molecule has 152 valence electrons. The SMILES string of the molecule is CO[C@H]1[C@H](O[Si](C)(C)C(C)(C)C)[C@@H](O)O[C@@H]2CO[C@@H](c3ccccc3)O[C@@H]12. The van der Waals surface area contributed by atoms with Crippen LogP contribution in [0.3, 0.4) is 0 Å².